The molecule has 1 N–H and O–H groups in total. The molecule has 0 aliphatic heterocycles. The monoisotopic (exact) mass is 395 g/mol. The zero-order valence-corrected chi connectivity index (χ0v) is 15.7. The number of nitrogens with zero attached hydrogens (tertiary/aromatic N) is 2. The first kappa shape index (κ1) is 19.4. The van der Waals surface area contributed by atoms with E-state index in [1.54, 1.807) is 36.8 Å². The van der Waals surface area contributed by atoms with E-state index in [2.05, 4.69) is 15.5 Å². The van der Waals surface area contributed by atoms with Gasteiger partial charge in [-0.1, -0.05) is 23.7 Å². The van der Waals surface area contributed by atoms with E-state index < -0.39 is 0 Å². The van der Waals surface area contributed by atoms with Crippen molar-refractivity contribution in [2.75, 3.05) is 13.2 Å². The maximum Gasteiger partial charge on any atom is 0.271 e. The van der Waals surface area contributed by atoms with E-state index in [9.17, 15) is 4.79 Å². The van der Waals surface area contributed by atoms with Crippen LogP contribution in [-0.4, -0.2) is 30.3 Å². The van der Waals surface area contributed by atoms with Gasteiger partial charge in [0.1, 0.15) is 24.7 Å². The Balaban J connectivity index is 1.42. The zero-order chi connectivity index (χ0) is 19.6. The van der Waals surface area contributed by atoms with Gasteiger partial charge in [0.2, 0.25) is 0 Å². The van der Waals surface area contributed by atoms with Gasteiger partial charge >= 0.3 is 0 Å². The Morgan fingerprint density at radius 1 is 1.00 bits per heavy atom. The van der Waals surface area contributed by atoms with Crippen LogP contribution in [-0.2, 0) is 0 Å². The van der Waals surface area contributed by atoms with Gasteiger partial charge in [0.15, 0.2) is 0 Å². The lowest BCUT2D eigenvalue weighted by Gasteiger charge is -2.09. The molecule has 0 radical (unpaired) electrons. The SMILES string of the molecule is O=C(N/N=C/c1ccc(OCCOc2ccccc2Cl)cc1)c1ccncc1. The van der Waals surface area contributed by atoms with E-state index in [0.29, 0.717) is 35.3 Å². The highest BCUT2D eigenvalue weighted by Crippen LogP contribution is 2.22. The molecule has 0 aliphatic rings. The molecule has 1 amide bonds. The molecule has 0 saturated heterocycles. The molecule has 0 atom stereocenters. The van der Waals surface area contributed by atoms with Gasteiger partial charge in [-0.25, -0.2) is 5.43 Å². The summed E-state index contributed by atoms with van der Waals surface area (Å²) in [4.78, 5) is 15.7. The molecule has 0 fully saturated rings. The number of para-hydroxylation sites is 1. The minimum Gasteiger partial charge on any atom is -0.490 e. The molecule has 0 aliphatic carbocycles. The number of carbonyl (C=O) groups is 1. The number of hydrazone groups is 1. The third kappa shape index (κ3) is 5.82. The van der Waals surface area contributed by atoms with Crippen molar-refractivity contribution >= 4 is 23.7 Å². The second-order valence-corrected chi connectivity index (χ2v) is 6.04. The smallest absolute Gasteiger partial charge is 0.271 e. The molecule has 2 aromatic carbocycles. The molecule has 1 aromatic heterocycles. The number of nitrogens with one attached hydrogen (secondary N) is 1. The Hall–Kier alpha value is -3.38. The standard InChI is InChI=1S/C21H18ClN3O3/c22-19-3-1-2-4-20(19)28-14-13-27-18-7-5-16(6-8-18)15-24-25-21(26)17-9-11-23-12-10-17/h1-12,15H,13-14H2,(H,25,26)/b24-15+. The summed E-state index contributed by atoms with van der Waals surface area (Å²) in [7, 11) is 0. The first-order valence-electron chi connectivity index (χ1n) is 8.56. The van der Waals surface area contributed by atoms with E-state index in [4.69, 9.17) is 21.1 Å². The molecule has 28 heavy (non-hydrogen) atoms. The van der Waals surface area contributed by atoms with E-state index >= 15 is 0 Å². The maximum absolute atomic E-state index is 11.9. The zero-order valence-electron chi connectivity index (χ0n) is 14.9. The van der Waals surface area contributed by atoms with Crippen molar-refractivity contribution in [2.45, 2.75) is 0 Å². The lowest BCUT2D eigenvalue weighted by Crippen LogP contribution is -2.17. The number of ether oxygens (including phenoxy) is 2. The van der Waals surface area contributed by atoms with Gasteiger partial charge in [0, 0.05) is 18.0 Å². The number of hydrogen-bond acceptors (Lipinski definition) is 5. The average Bonchev–Trinajstić information content (AvgIpc) is 2.74. The van der Waals surface area contributed by atoms with Crippen LogP contribution in [0.4, 0.5) is 0 Å². The molecule has 3 rings (SSSR count). The second kappa shape index (κ2) is 10.1. The average molecular weight is 396 g/mol. The number of pyridine rings is 1. The van der Waals surface area contributed by atoms with Crippen molar-refractivity contribution in [1.82, 2.24) is 10.4 Å². The molecule has 0 unspecified atom stereocenters. The molecule has 6 nitrogen and oxygen atoms in total. The van der Waals surface area contributed by atoms with Gasteiger partial charge < -0.3 is 9.47 Å². The Morgan fingerprint density at radius 2 is 1.71 bits per heavy atom. The summed E-state index contributed by atoms with van der Waals surface area (Å²) in [5.74, 6) is 1.05. The molecule has 7 heteroatoms. The highest BCUT2D eigenvalue weighted by Gasteiger charge is 2.02. The van der Waals surface area contributed by atoms with Gasteiger partial charge in [-0.15, -0.1) is 0 Å². The first-order chi connectivity index (χ1) is 13.7. The molecule has 0 saturated carbocycles. The fourth-order valence-electron chi connectivity index (χ4n) is 2.26. The lowest BCUT2D eigenvalue weighted by atomic mass is 10.2. The van der Waals surface area contributed by atoms with Crippen molar-refractivity contribution in [3.05, 3.63) is 89.2 Å². The molecular formula is C21H18ClN3O3. The number of carbonyl (C=O) groups excluding carboxylic acids is 1. The fourth-order valence-corrected chi connectivity index (χ4v) is 2.45. The number of hydrogen-bond donors (Lipinski definition) is 1. The minimum atomic E-state index is -0.294. The van der Waals surface area contributed by atoms with E-state index in [0.717, 1.165) is 5.56 Å². The second-order valence-electron chi connectivity index (χ2n) is 5.63. The van der Waals surface area contributed by atoms with Crippen molar-refractivity contribution < 1.29 is 14.3 Å². The summed E-state index contributed by atoms with van der Waals surface area (Å²) in [6, 6.07) is 17.9. The third-order valence-corrected chi connectivity index (χ3v) is 3.96. The third-order valence-electron chi connectivity index (χ3n) is 3.65. The molecule has 3 aromatic rings. The van der Waals surface area contributed by atoms with E-state index in [1.165, 1.54) is 0 Å². The molecule has 0 bridgehead atoms. The lowest BCUT2D eigenvalue weighted by molar-refractivity contribution is 0.0955. The van der Waals surface area contributed by atoms with Gasteiger partial charge in [0.25, 0.3) is 5.91 Å². The van der Waals surface area contributed by atoms with Gasteiger partial charge in [-0.05, 0) is 54.1 Å². The summed E-state index contributed by atoms with van der Waals surface area (Å²) in [5, 5.41) is 4.52. The normalized spacial score (nSPS) is 10.6. The first-order valence-corrected chi connectivity index (χ1v) is 8.94. The van der Waals surface area contributed by atoms with Crippen LogP contribution in [0.3, 0.4) is 0 Å². The molecule has 1 heterocycles. The Morgan fingerprint density at radius 3 is 2.46 bits per heavy atom. The number of aromatic nitrogens is 1. The molecule has 0 spiro atoms. The van der Waals surface area contributed by atoms with Gasteiger partial charge in [-0.2, -0.15) is 5.10 Å². The summed E-state index contributed by atoms with van der Waals surface area (Å²) in [5.41, 5.74) is 3.79. The summed E-state index contributed by atoms with van der Waals surface area (Å²) in [6.07, 6.45) is 4.66. The molecular weight excluding hydrogens is 378 g/mol. The van der Waals surface area contributed by atoms with Crippen LogP contribution >= 0.6 is 11.6 Å². The molecule has 142 valence electrons. The van der Waals surface area contributed by atoms with Gasteiger partial charge in [0.05, 0.1) is 11.2 Å². The highest BCUT2D eigenvalue weighted by molar-refractivity contribution is 6.32. The van der Waals surface area contributed by atoms with Crippen LogP contribution < -0.4 is 14.9 Å². The van der Waals surface area contributed by atoms with Crippen LogP contribution in [0.2, 0.25) is 5.02 Å². The minimum absolute atomic E-state index is 0.294. The van der Waals surface area contributed by atoms with Crippen LogP contribution in [0.1, 0.15) is 15.9 Å². The Bertz CT molecular complexity index is 931. The van der Waals surface area contributed by atoms with Crippen molar-refractivity contribution in [2.24, 2.45) is 5.10 Å². The topological polar surface area (TPSA) is 72.8 Å². The summed E-state index contributed by atoms with van der Waals surface area (Å²) < 4.78 is 11.2. The van der Waals surface area contributed by atoms with E-state index in [-0.39, 0.29) is 5.91 Å². The highest BCUT2D eigenvalue weighted by atomic mass is 35.5. The van der Waals surface area contributed by atoms with E-state index in [1.807, 2.05) is 42.5 Å². The predicted octanol–water partition coefficient (Wildman–Crippen LogP) is 3.96. The quantitative estimate of drug-likeness (QED) is 0.356. The summed E-state index contributed by atoms with van der Waals surface area (Å²) >= 11 is 6.03. The maximum atomic E-state index is 11.9. The van der Waals surface area contributed by atoms with Crippen LogP contribution in [0.15, 0.2) is 78.2 Å². The Labute approximate surface area is 167 Å². The van der Waals surface area contributed by atoms with Crippen LogP contribution in [0, 0.1) is 0 Å². The largest absolute Gasteiger partial charge is 0.490 e. The summed E-state index contributed by atoms with van der Waals surface area (Å²) in [6.45, 7) is 0.772. The fraction of sp³-hybridized carbons (Fsp3) is 0.0952. The van der Waals surface area contributed by atoms with Crippen LogP contribution in [0.5, 0.6) is 11.5 Å². The Kier molecular flexibility index (Phi) is 6.98. The van der Waals surface area contributed by atoms with Crippen molar-refractivity contribution in [3.63, 3.8) is 0 Å². The number of amides is 1. The number of halogens is 1. The van der Waals surface area contributed by atoms with Crippen LogP contribution in [0.25, 0.3) is 0 Å². The predicted molar refractivity (Wildman–Crippen MR) is 108 cm³/mol. The van der Waals surface area contributed by atoms with Crippen molar-refractivity contribution in [1.29, 1.82) is 0 Å². The van der Waals surface area contributed by atoms with Gasteiger partial charge in [-0.3, -0.25) is 9.78 Å². The number of rotatable bonds is 8. The number of benzene rings is 2. The van der Waals surface area contributed by atoms with Crippen molar-refractivity contribution in [3.8, 4) is 11.5 Å².